The second-order valence-electron chi connectivity index (χ2n) is 6.32. The van der Waals surface area contributed by atoms with Crippen LogP contribution < -0.4 is 9.47 Å². The summed E-state index contributed by atoms with van der Waals surface area (Å²) in [5, 5.41) is 8.41. The predicted molar refractivity (Wildman–Crippen MR) is 86.1 cm³/mol. The van der Waals surface area contributed by atoms with E-state index in [0.717, 1.165) is 5.69 Å². The molecular weight excluding hydrogens is 308 g/mol. The highest BCUT2D eigenvalue weighted by Gasteiger charge is 2.34. The molecule has 126 valence electrons. The molecule has 1 saturated carbocycles. The van der Waals surface area contributed by atoms with Crippen molar-refractivity contribution >= 4 is 5.91 Å². The molecule has 0 radical (unpaired) electrons. The van der Waals surface area contributed by atoms with E-state index >= 15 is 0 Å². The number of amides is 1. The standard InChI is InChI=1S/C17H20N4O3/c1-23-14-3-2-4-15(7-14)24-11-17(22)20-8-13(9-20)21-10-16(18-19-21)12-5-6-12/h2-4,7,10,12-13H,5-6,8-9,11H2,1H3. The van der Waals surface area contributed by atoms with Gasteiger partial charge in [0.25, 0.3) is 5.91 Å². The Labute approximate surface area is 140 Å². The number of hydrogen-bond acceptors (Lipinski definition) is 5. The molecule has 7 nitrogen and oxygen atoms in total. The van der Waals surface area contributed by atoms with Crippen molar-refractivity contribution in [3.8, 4) is 11.5 Å². The van der Waals surface area contributed by atoms with Gasteiger partial charge in [0.1, 0.15) is 11.5 Å². The lowest BCUT2D eigenvalue weighted by Gasteiger charge is -2.38. The van der Waals surface area contributed by atoms with E-state index in [1.165, 1.54) is 12.8 Å². The summed E-state index contributed by atoms with van der Waals surface area (Å²) in [6.07, 6.45) is 4.46. The number of likely N-dealkylation sites (tertiary alicyclic amines) is 1. The summed E-state index contributed by atoms with van der Waals surface area (Å²) in [6, 6.07) is 7.47. The Kier molecular flexibility index (Phi) is 3.84. The molecule has 0 spiro atoms. The molecule has 2 fully saturated rings. The van der Waals surface area contributed by atoms with Crippen molar-refractivity contribution in [3.63, 3.8) is 0 Å². The quantitative estimate of drug-likeness (QED) is 0.806. The van der Waals surface area contributed by atoms with E-state index in [1.54, 1.807) is 18.1 Å². The minimum absolute atomic E-state index is 0.0170. The van der Waals surface area contributed by atoms with Crippen molar-refractivity contribution in [1.29, 1.82) is 0 Å². The molecule has 0 atom stereocenters. The highest BCUT2D eigenvalue weighted by atomic mass is 16.5. The Bertz CT molecular complexity index is 735. The Morgan fingerprint density at radius 1 is 1.29 bits per heavy atom. The van der Waals surface area contributed by atoms with E-state index in [9.17, 15) is 4.79 Å². The number of ether oxygens (including phenoxy) is 2. The van der Waals surface area contributed by atoms with Crippen molar-refractivity contribution in [2.75, 3.05) is 26.8 Å². The number of hydrogen-bond donors (Lipinski definition) is 0. The maximum Gasteiger partial charge on any atom is 0.260 e. The SMILES string of the molecule is COc1cccc(OCC(=O)N2CC(n3cc(C4CC4)nn3)C2)c1. The third kappa shape index (κ3) is 3.06. The van der Waals surface area contributed by atoms with Crippen molar-refractivity contribution in [2.24, 2.45) is 0 Å². The van der Waals surface area contributed by atoms with E-state index in [2.05, 4.69) is 10.3 Å². The Hall–Kier alpha value is -2.57. The molecule has 1 aliphatic heterocycles. The van der Waals surface area contributed by atoms with Gasteiger partial charge >= 0.3 is 0 Å². The molecule has 24 heavy (non-hydrogen) atoms. The van der Waals surface area contributed by atoms with Crippen LogP contribution in [0.2, 0.25) is 0 Å². The van der Waals surface area contributed by atoms with E-state index < -0.39 is 0 Å². The molecule has 0 bridgehead atoms. The Morgan fingerprint density at radius 3 is 2.83 bits per heavy atom. The summed E-state index contributed by atoms with van der Waals surface area (Å²) in [6.45, 7) is 1.35. The Morgan fingerprint density at radius 2 is 2.08 bits per heavy atom. The summed E-state index contributed by atoms with van der Waals surface area (Å²) in [5.41, 5.74) is 1.08. The van der Waals surface area contributed by atoms with Crippen molar-refractivity contribution in [1.82, 2.24) is 19.9 Å². The van der Waals surface area contributed by atoms with Crippen molar-refractivity contribution in [3.05, 3.63) is 36.2 Å². The normalized spacial score (nSPS) is 17.5. The monoisotopic (exact) mass is 328 g/mol. The first-order valence-corrected chi connectivity index (χ1v) is 8.19. The van der Waals surface area contributed by atoms with Crippen LogP contribution in [-0.2, 0) is 4.79 Å². The van der Waals surface area contributed by atoms with Crippen molar-refractivity contribution in [2.45, 2.75) is 24.8 Å². The topological polar surface area (TPSA) is 69.5 Å². The summed E-state index contributed by atoms with van der Waals surface area (Å²) in [7, 11) is 1.60. The number of carbonyl (C=O) groups excluding carboxylic acids is 1. The van der Waals surface area contributed by atoms with Crippen LogP contribution in [0.25, 0.3) is 0 Å². The molecule has 7 heteroatoms. The third-order valence-corrected chi connectivity index (χ3v) is 4.52. The van der Waals surface area contributed by atoms with Crippen LogP contribution >= 0.6 is 0 Å². The third-order valence-electron chi connectivity index (χ3n) is 4.52. The maximum absolute atomic E-state index is 12.2. The Balaban J connectivity index is 1.26. The van der Waals surface area contributed by atoms with Gasteiger partial charge in [-0.1, -0.05) is 11.3 Å². The fraction of sp³-hybridized carbons (Fsp3) is 0.471. The zero-order valence-electron chi connectivity index (χ0n) is 13.6. The van der Waals surface area contributed by atoms with Gasteiger partial charge in [-0.25, -0.2) is 4.68 Å². The lowest BCUT2D eigenvalue weighted by Crippen LogP contribution is -2.52. The number of rotatable bonds is 6. The van der Waals surface area contributed by atoms with Crippen LogP contribution in [0, 0.1) is 0 Å². The zero-order valence-corrected chi connectivity index (χ0v) is 13.6. The van der Waals surface area contributed by atoms with Gasteiger partial charge in [0, 0.05) is 31.3 Å². The van der Waals surface area contributed by atoms with E-state index in [-0.39, 0.29) is 18.6 Å². The average molecular weight is 328 g/mol. The number of nitrogens with zero attached hydrogens (tertiary/aromatic N) is 4. The molecule has 0 unspecified atom stereocenters. The second kappa shape index (κ2) is 6.14. The van der Waals surface area contributed by atoms with Gasteiger partial charge in [-0.3, -0.25) is 4.79 Å². The van der Waals surface area contributed by atoms with Gasteiger partial charge in [-0.15, -0.1) is 5.10 Å². The summed E-state index contributed by atoms with van der Waals surface area (Å²) < 4.78 is 12.6. The maximum atomic E-state index is 12.2. The van der Waals surface area contributed by atoms with E-state index in [4.69, 9.17) is 9.47 Å². The van der Waals surface area contributed by atoms with Crippen LogP contribution in [0.3, 0.4) is 0 Å². The largest absolute Gasteiger partial charge is 0.497 e. The highest BCUT2D eigenvalue weighted by Crippen LogP contribution is 2.39. The molecule has 2 aliphatic rings. The van der Waals surface area contributed by atoms with Gasteiger partial charge in [-0.05, 0) is 25.0 Å². The molecule has 0 N–H and O–H groups in total. The smallest absolute Gasteiger partial charge is 0.260 e. The van der Waals surface area contributed by atoms with Gasteiger partial charge < -0.3 is 14.4 Å². The second-order valence-corrected chi connectivity index (χ2v) is 6.32. The molecule has 4 rings (SSSR count). The summed E-state index contributed by atoms with van der Waals surface area (Å²) >= 11 is 0. The van der Waals surface area contributed by atoms with Gasteiger partial charge in [0.2, 0.25) is 0 Å². The molecule has 1 aliphatic carbocycles. The molecule has 2 aromatic rings. The lowest BCUT2D eigenvalue weighted by molar-refractivity contribution is -0.139. The van der Waals surface area contributed by atoms with Crippen LogP contribution in [-0.4, -0.2) is 52.6 Å². The van der Waals surface area contributed by atoms with Crippen LogP contribution in [0.4, 0.5) is 0 Å². The summed E-state index contributed by atoms with van der Waals surface area (Å²) in [4.78, 5) is 14.0. The molecule has 1 saturated heterocycles. The first kappa shape index (κ1) is 15.0. The molecule has 1 aromatic heterocycles. The minimum atomic E-state index is -0.0170. The fourth-order valence-electron chi connectivity index (χ4n) is 2.79. The van der Waals surface area contributed by atoms with Crippen LogP contribution in [0.1, 0.15) is 30.5 Å². The zero-order chi connectivity index (χ0) is 16.5. The first-order chi connectivity index (χ1) is 11.7. The molecule has 1 aromatic carbocycles. The van der Waals surface area contributed by atoms with Crippen LogP contribution in [0.5, 0.6) is 11.5 Å². The molecule has 2 heterocycles. The lowest BCUT2D eigenvalue weighted by atomic mass is 10.1. The van der Waals surface area contributed by atoms with Crippen molar-refractivity contribution < 1.29 is 14.3 Å². The summed E-state index contributed by atoms with van der Waals surface area (Å²) in [5.74, 6) is 1.93. The highest BCUT2D eigenvalue weighted by molar-refractivity contribution is 5.78. The number of carbonyl (C=O) groups is 1. The van der Waals surface area contributed by atoms with Crippen LogP contribution in [0.15, 0.2) is 30.5 Å². The van der Waals surface area contributed by atoms with E-state index in [1.807, 2.05) is 29.1 Å². The predicted octanol–water partition coefficient (Wildman–Crippen LogP) is 1.63. The van der Waals surface area contributed by atoms with Gasteiger partial charge in [0.15, 0.2) is 6.61 Å². The minimum Gasteiger partial charge on any atom is -0.497 e. The number of benzene rings is 1. The van der Waals surface area contributed by atoms with Gasteiger partial charge in [-0.2, -0.15) is 0 Å². The molecule has 1 amide bonds. The number of aromatic nitrogens is 3. The average Bonchev–Trinajstić information content (AvgIpc) is 3.31. The number of methoxy groups -OCH3 is 1. The van der Waals surface area contributed by atoms with Gasteiger partial charge in [0.05, 0.1) is 18.8 Å². The first-order valence-electron chi connectivity index (χ1n) is 8.19. The molecular formula is C17H20N4O3. The van der Waals surface area contributed by atoms with E-state index in [0.29, 0.717) is 30.5 Å². The fourth-order valence-corrected chi connectivity index (χ4v) is 2.79.